The van der Waals surface area contributed by atoms with E-state index in [1.54, 1.807) is 41.5 Å². The number of benzene rings is 3. The van der Waals surface area contributed by atoms with E-state index in [9.17, 15) is 9.59 Å². The fourth-order valence-corrected chi connectivity index (χ4v) is 7.88. The van der Waals surface area contributed by atoms with Crippen molar-refractivity contribution in [3.05, 3.63) is 203 Å². The van der Waals surface area contributed by atoms with Crippen LogP contribution in [0.3, 0.4) is 0 Å². The Morgan fingerprint density at radius 3 is 1.14 bits per heavy atom. The van der Waals surface area contributed by atoms with Crippen LogP contribution in [0.2, 0.25) is 0 Å². The van der Waals surface area contributed by atoms with Crippen LogP contribution < -0.4 is 4.80 Å². The summed E-state index contributed by atoms with van der Waals surface area (Å²) in [7, 11) is -4.22. The van der Waals surface area contributed by atoms with Crippen molar-refractivity contribution in [2.24, 2.45) is 4.99 Å². The first-order chi connectivity index (χ1) is 30.8. The molecule has 1 radical (unpaired) electrons. The van der Waals surface area contributed by atoms with Gasteiger partial charge < -0.3 is 29.2 Å². The summed E-state index contributed by atoms with van der Waals surface area (Å²) in [5.41, 5.74) is 9.43. The second kappa shape index (κ2) is 36.7. The van der Waals surface area contributed by atoms with Crippen LogP contribution in [0.15, 0.2) is 174 Å². The van der Waals surface area contributed by atoms with Crippen LogP contribution in [0.5, 0.6) is 0 Å². The Morgan fingerprint density at radius 1 is 0.580 bits per heavy atom. The molecule has 10 heteroatoms. The van der Waals surface area contributed by atoms with Crippen molar-refractivity contribution in [1.82, 2.24) is 0 Å². The summed E-state index contributed by atoms with van der Waals surface area (Å²) in [5.74, 6) is 1.75. The van der Waals surface area contributed by atoms with Gasteiger partial charge in [0.1, 0.15) is 0 Å². The van der Waals surface area contributed by atoms with Crippen LogP contribution in [0, 0.1) is 47.8 Å². The van der Waals surface area contributed by atoms with Gasteiger partial charge in [-0.3, -0.25) is 4.99 Å². The SMILES string of the molecule is CC(/C=C(/C)[N-]c1c(C(C)C)cccc1C(C)C)=Nc1c(C(C)C)cccc1C(C)C.CC(C)(C)O[Si]([O-])(O)OC(C)(C)C.Cc1ccccc1.[Al+3].[Nd+3].[OH-].c1cc[cH-]c1.c1cc[cH-]c1.c1cc[cH-]c1. The minimum atomic E-state index is -4.22. The van der Waals surface area contributed by atoms with E-state index in [4.69, 9.17) is 19.2 Å². The number of aryl methyl sites for hydroxylation is 1. The quantitative estimate of drug-likeness (QED) is 0.0833. The van der Waals surface area contributed by atoms with E-state index in [1.165, 1.54) is 27.8 Å². The van der Waals surface area contributed by atoms with Gasteiger partial charge in [-0.15, -0.1) is 5.69 Å². The Morgan fingerprint density at radius 2 is 0.899 bits per heavy atom. The van der Waals surface area contributed by atoms with Crippen molar-refractivity contribution in [3.8, 4) is 0 Å². The molecule has 0 saturated heterocycles. The van der Waals surface area contributed by atoms with Crippen molar-refractivity contribution in [1.29, 1.82) is 0 Å². The summed E-state index contributed by atoms with van der Waals surface area (Å²) >= 11 is 0. The number of allylic oxidation sites excluding steroid dienone is 2. The van der Waals surface area contributed by atoms with Gasteiger partial charge in [-0.25, -0.2) is 36.4 Å². The molecule has 69 heavy (non-hydrogen) atoms. The van der Waals surface area contributed by atoms with E-state index in [1.807, 2.05) is 109 Å². The van der Waals surface area contributed by atoms with E-state index in [-0.39, 0.29) is 63.7 Å². The number of rotatable bonds is 10. The molecule has 0 unspecified atom stereocenters. The molecule has 7 nitrogen and oxygen atoms in total. The molecule has 0 aliphatic heterocycles. The first-order valence-corrected chi connectivity index (χ1v) is 25.1. The largest absolute Gasteiger partial charge is 3.00 e. The first kappa shape index (κ1) is 70.1. The zero-order valence-electron chi connectivity index (χ0n) is 45.0. The molecule has 0 spiro atoms. The van der Waals surface area contributed by atoms with Crippen LogP contribution in [0.25, 0.3) is 5.32 Å². The molecular weight excluding hydrogens is 1020 g/mol. The summed E-state index contributed by atoms with van der Waals surface area (Å²) in [6.07, 6.45) is 2.11. The Bertz CT molecular complexity index is 1980. The Kier molecular flexibility index (Phi) is 37.3. The van der Waals surface area contributed by atoms with Crippen molar-refractivity contribution in [3.63, 3.8) is 0 Å². The molecule has 0 fully saturated rings. The maximum absolute atomic E-state index is 11.4. The van der Waals surface area contributed by atoms with Gasteiger partial charge in [-0.2, -0.15) is 60.3 Å². The standard InChI is InChI=1S/C29H41N2.C8H19O4Si.C7H8.3C5H5.Al.Nd.H2O/c1-18(2)24-13-11-14-25(19(3)4)28(24)30-22(9)17-23(10)31-29-26(20(5)6)15-12-16-27(29)21(7)8;1-7(2,3)11-13(9,10)12-8(4,5)6;1-7-5-3-2-4-6-7;3*1-2-4-5-3-1;;;/h11-21H,1-10H3;9H,1-6H3;2-6H,1H3;3*1-5H;;;1H2/q2*-1;;3*-1;2*+3;/p-1/b22-17-,31-23?;;;;;;;;. The van der Waals surface area contributed by atoms with Crippen molar-refractivity contribution >= 4 is 43.5 Å². The molecule has 0 aliphatic carbocycles. The normalized spacial score (nSPS) is 11.3. The summed E-state index contributed by atoms with van der Waals surface area (Å²) in [5, 5.41) is 5.08. The molecule has 0 bridgehead atoms. The van der Waals surface area contributed by atoms with Crippen LogP contribution in [0.1, 0.15) is 162 Å². The number of aliphatic imine (C=N–C) groups is 1. The smallest absolute Gasteiger partial charge is 0.870 e. The first-order valence-electron chi connectivity index (χ1n) is 23.4. The van der Waals surface area contributed by atoms with Gasteiger partial charge in [0.15, 0.2) is 0 Å². The second-order valence-corrected chi connectivity index (χ2v) is 20.8. The van der Waals surface area contributed by atoms with E-state index in [2.05, 4.69) is 131 Å². The number of hydrogen-bond acceptors (Lipinski definition) is 6. The Hall–Kier alpha value is -3.18. The average Bonchev–Trinajstić information content (AvgIpc) is 4.05. The molecule has 0 heterocycles. The molecule has 0 saturated carbocycles. The monoisotopic (exact) mass is 1100 g/mol. The minimum absolute atomic E-state index is 0. The van der Waals surface area contributed by atoms with Crippen LogP contribution in [-0.2, 0) is 8.85 Å². The molecule has 0 aliphatic rings. The number of hydrogen-bond donors (Lipinski definition) is 1. The predicted molar refractivity (Wildman–Crippen MR) is 293 cm³/mol. The summed E-state index contributed by atoms with van der Waals surface area (Å²) in [4.78, 5) is 25.8. The van der Waals surface area contributed by atoms with E-state index < -0.39 is 20.3 Å². The van der Waals surface area contributed by atoms with Gasteiger partial charge in [-0.1, -0.05) is 152 Å². The number of nitrogens with zero attached hydrogens (tertiary/aromatic N) is 2. The molecule has 6 rings (SSSR count). The second-order valence-electron chi connectivity index (χ2n) is 19.3. The molecule has 6 aromatic carbocycles. The molecule has 6 aromatic rings. The Balaban J connectivity index is -0.000000926. The zero-order valence-corrected chi connectivity index (χ0v) is 50.4. The van der Waals surface area contributed by atoms with Crippen molar-refractivity contribution in [2.75, 3.05) is 0 Å². The van der Waals surface area contributed by atoms with Crippen LogP contribution in [0.4, 0.5) is 11.4 Å². The minimum Gasteiger partial charge on any atom is -0.870 e. The molecular formula is C59H84AlN2NdO5Si. The molecule has 0 aromatic heterocycles. The van der Waals surface area contributed by atoms with Gasteiger partial charge in [0, 0.05) is 5.71 Å². The molecule has 371 valence electrons. The third-order valence-electron chi connectivity index (χ3n) is 9.16. The van der Waals surface area contributed by atoms with Crippen LogP contribution >= 0.6 is 0 Å². The van der Waals surface area contributed by atoms with E-state index in [0.717, 1.165) is 22.8 Å². The maximum atomic E-state index is 11.4. The molecule has 0 amide bonds. The van der Waals surface area contributed by atoms with Crippen molar-refractivity contribution < 1.29 is 64.8 Å². The summed E-state index contributed by atoms with van der Waals surface area (Å²) < 4.78 is 9.84. The van der Waals surface area contributed by atoms with Gasteiger partial charge in [0.2, 0.25) is 0 Å². The van der Waals surface area contributed by atoms with Crippen LogP contribution in [-0.4, -0.2) is 53.6 Å². The van der Waals surface area contributed by atoms with E-state index >= 15 is 0 Å². The predicted octanol–water partition coefficient (Wildman–Crippen LogP) is 15.9. The average molecular weight is 1100 g/mol. The van der Waals surface area contributed by atoms with Gasteiger partial charge >= 0.3 is 67.2 Å². The Labute approximate surface area is 464 Å². The zero-order chi connectivity index (χ0) is 49.9. The fourth-order valence-electron chi connectivity index (χ4n) is 6.29. The molecule has 0 atom stereocenters. The third kappa shape index (κ3) is 33.2. The van der Waals surface area contributed by atoms with E-state index in [0.29, 0.717) is 23.7 Å². The third-order valence-corrected chi connectivity index (χ3v) is 10.9. The van der Waals surface area contributed by atoms with Gasteiger partial charge in [0.25, 0.3) is 0 Å². The topological polar surface area (TPSA) is 118 Å². The fraction of sp³-hybridized carbons (Fsp3) is 0.390. The summed E-state index contributed by atoms with van der Waals surface area (Å²) in [6.45, 7) is 34.4. The van der Waals surface area contributed by atoms with Crippen molar-refractivity contribution in [2.45, 2.75) is 153 Å². The number of para-hydroxylation sites is 2. The van der Waals surface area contributed by atoms with Gasteiger partial charge in [-0.05, 0) is 90.2 Å². The molecule has 2 N–H and O–H groups in total. The summed E-state index contributed by atoms with van der Waals surface area (Å²) in [6, 6.07) is 53.4. The maximum Gasteiger partial charge on any atom is 3.00 e. The van der Waals surface area contributed by atoms with Gasteiger partial charge in [0.05, 0.1) is 16.9 Å².